The number of thiol groups is 2. The van der Waals surface area contributed by atoms with E-state index in [0.29, 0.717) is 50.4 Å². The molecule has 0 bridgehead atoms. The van der Waals surface area contributed by atoms with Crippen molar-refractivity contribution < 1.29 is 38.4 Å². The van der Waals surface area contributed by atoms with E-state index in [1.54, 1.807) is 12.4 Å². The van der Waals surface area contributed by atoms with Gasteiger partial charge in [0.2, 0.25) is 47.3 Å². The molecule has 2 aromatic rings. The number of nitrogens with zero attached hydrogens (tertiary/aromatic N) is 3. The van der Waals surface area contributed by atoms with Crippen molar-refractivity contribution >= 4 is 72.5 Å². The molecule has 0 aromatic carbocycles. The number of H-pyrrole nitrogens is 2. The number of nitrogens with two attached hydrogens (primary N) is 1. The van der Waals surface area contributed by atoms with Gasteiger partial charge in [-0.1, -0.05) is 141 Å². The molecule has 8 amide bonds. The summed E-state index contributed by atoms with van der Waals surface area (Å²) in [6, 6.07) is -3.93. The maximum atomic E-state index is 13.4. The zero-order valence-corrected chi connectivity index (χ0v) is 56.5. The average molecular weight is 1300 g/mol. The van der Waals surface area contributed by atoms with Crippen LogP contribution in [0, 0.1) is 0 Å². The Bertz CT molecular complexity index is 2120. The molecule has 4 atom stereocenters. The highest BCUT2D eigenvalue weighted by Gasteiger charge is 2.28. The van der Waals surface area contributed by atoms with Gasteiger partial charge in [-0.3, -0.25) is 38.4 Å². The SMILES string of the molecule is CCCCCCCC/C=C\CCCCCCCC(=O)N[C@@H](CS)C(=O)N[C@@H](Cc1cnc[nH]1)C(=O)NCCNC(=O)CCN(CCN)CCC(=O)NCCNC(=O)[C@H](Cc1cnc[nH]1)NC(=O)[C@H](CS)NC(=O)CCCCCCC/C=C\CCCCCCCC. The Morgan fingerprint density at radius 2 is 0.778 bits per heavy atom. The van der Waals surface area contributed by atoms with Crippen LogP contribution in [-0.4, -0.2) is 160 Å². The number of allylic oxidation sites excluding steroid dienone is 4. The van der Waals surface area contributed by atoms with Gasteiger partial charge < -0.3 is 63.1 Å². The molecule has 0 radical (unpaired) electrons. The first-order valence-electron chi connectivity index (χ1n) is 34.0. The van der Waals surface area contributed by atoms with Crippen molar-refractivity contribution in [1.82, 2.24) is 67.4 Å². The summed E-state index contributed by atoms with van der Waals surface area (Å²) in [5.74, 6) is -3.05. The quantitative estimate of drug-likeness (QED) is 0.0176. The lowest BCUT2D eigenvalue weighted by atomic mass is 10.1. The van der Waals surface area contributed by atoms with Crippen LogP contribution in [0.25, 0.3) is 0 Å². The lowest BCUT2D eigenvalue weighted by Crippen LogP contribution is -2.55. The fourth-order valence-corrected chi connectivity index (χ4v) is 10.6. The fourth-order valence-electron chi connectivity index (χ4n) is 10.1. The summed E-state index contributed by atoms with van der Waals surface area (Å²) in [6.45, 7) is 6.21. The second-order valence-corrected chi connectivity index (χ2v) is 24.1. The third-order valence-electron chi connectivity index (χ3n) is 15.5. The van der Waals surface area contributed by atoms with Crippen LogP contribution in [0.1, 0.15) is 218 Å². The molecule has 0 saturated carbocycles. The molecule has 0 fully saturated rings. The molecule has 0 aliphatic heterocycles. The third-order valence-corrected chi connectivity index (χ3v) is 16.2. The number of nitrogens with one attached hydrogen (secondary N) is 10. The van der Waals surface area contributed by atoms with Gasteiger partial charge >= 0.3 is 0 Å². The van der Waals surface area contributed by atoms with Crippen molar-refractivity contribution in [2.45, 2.75) is 243 Å². The maximum absolute atomic E-state index is 13.4. The Morgan fingerprint density at radius 3 is 1.11 bits per heavy atom. The van der Waals surface area contributed by atoms with Crippen LogP contribution in [0.2, 0.25) is 0 Å². The number of unbranched alkanes of at least 4 members (excludes halogenated alkanes) is 22. The minimum absolute atomic E-state index is 0.0346. The van der Waals surface area contributed by atoms with Gasteiger partial charge in [0.15, 0.2) is 0 Å². The van der Waals surface area contributed by atoms with Gasteiger partial charge in [-0.2, -0.15) is 25.3 Å². The largest absolute Gasteiger partial charge is 0.354 e. The van der Waals surface area contributed by atoms with Gasteiger partial charge in [0, 0.05) is 126 Å². The predicted octanol–water partition coefficient (Wildman–Crippen LogP) is 7.30. The summed E-state index contributed by atoms with van der Waals surface area (Å²) in [6.07, 6.45) is 46.2. The van der Waals surface area contributed by atoms with Crippen molar-refractivity contribution in [2.75, 3.05) is 63.9 Å². The van der Waals surface area contributed by atoms with E-state index in [9.17, 15) is 38.4 Å². The van der Waals surface area contributed by atoms with E-state index in [4.69, 9.17) is 5.73 Å². The molecule has 0 aliphatic rings. The first-order chi connectivity index (χ1) is 43.8. The van der Waals surface area contributed by atoms with Crippen LogP contribution in [0.3, 0.4) is 0 Å². The molecule has 90 heavy (non-hydrogen) atoms. The highest BCUT2D eigenvalue weighted by Crippen LogP contribution is 2.13. The van der Waals surface area contributed by atoms with Gasteiger partial charge in [-0.05, 0) is 64.2 Å². The van der Waals surface area contributed by atoms with E-state index in [2.05, 4.69) is 126 Å². The van der Waals surface area contributed by atoms with Gasteiger partial charge in [0.25, 0.3) is 0 Å². The molecule has 0 unspecified atom stereocenters. The fraction of sp³-hybridized carbons (Fsp3) is 0.727. The number of hydrogen-bond acceptors (Lipinski definition) is 14. The lowest BCUT2D eigenvalue weighted by Gasteiger charge is -2.22. The Hall–Kier alpha value is -5.72. The first-order valence-corrected chi connectivity index (χ1v) is 35.3. The van der Waals surface area contributed by atoms with Crippen LogP contribution in [0.5, 0.6) is 0 Å². The maximum Gasteiger partial charge on any atom is 0.244 e. The van der Waals surface area contributed by atoms with Crippen molar-refractivity contribution in [1.29, 1.82) is 0 Å². The number of rotatable bonds is 58. The average Bonchev–Trinajstić information content (AvgIpc) is 4.00. The van der Waals surface area contributed by atoms with Crippen molar-refractivity contribution in [2.24, 2.45) is 5.73 Å². The highest BCUT2D eigenvalue weighted by molar-refractivity contribution is 7.80. The van der Waals surface area contributed by atoms with E-state index in [1.165, 1.54) is 89.7 Å². The number of carbonyl (C=O) groups excluding carboxylic acids is 8. The summed E-state index contributed by atoms with van der Waals surface area (Å²) in [5.41, 5.74) is 7.09. The molecule has 0 aliphatic carbocycles. The van der Waals surface area contributed by atoms with Crippen LogP contribution in [-0.2, 0) is 51.2 Å². The Labute approximate surface area is 549 Å². The predicted molar refractivity (Wildman–Crippen MR) is 366 cm³/mol. The molecule has 510 valence electrons. The van der Waals surface area contributed by atoms with Crippen LogP contribution >= 0.6 is 25.3 Å². The summed E-state index contributed by atoms with van der Waals surface area (Å²) < 4.78 is 0. The summed E-state index contributed by atoms with van der Waals surface area (Å²) in [5, 5.41) is 22.2. The molecular formula is C66H116N14O8S2. The summed E-state index contributed by atoms with van der Waals surface area (Å²) >= 11 is 8.64. The molecule has 2 heterocycles. The number of amides is 8. The topological polar surface area (TPSA) is 319 Å². The number of aromatic amines is 2. The standard InChI is InChI=1S/C66H116N14O8S2/c1-3-5-7-9-11-13-15-17-19-21-23-25-27-29-31-33-61(83)76-57(49-89)65(87)78-55(45-53-47-68-51-74-53)63(85)72-40-38-70-59(81)35-42-80(44-37-67)43-36-60(82)71-39-41-73-64(86)56(46-54-48-69-52-75-54)79-66(88)58(50-90)77-62(84)34-32-30-28-26-24-22-20-18-16-14-12-10-8-6-4-2/h17-20,47-48,51-52,55-58,89-90H,3-16,21-46,49-50,67H2,1-2H3,(H,68,74)(H,69,75)(H,70,81)(H,71,82)(H,72,85)(H,73,86)(H,76,83)(H,77,84)(H,78,87)(H,79,88)/b19-17-,20-18-/t55-,56-,57-,58-/m0/s1. The van der Waals surface area contributed by atoms with Crippen LogP contribution < -0.4 is 48.3 Å². The van der Waals surface area contributed by atoms with Crippen LogP contribution in [0.15, 0.2) is 49.4 Å². The molecule has 22 nitrogen and oxygen atoms in total. The number of carbonyl (C=O) groups is 8. The number of aromatic nitrogens is 4. The third kappa shape index (κ3) is 42.4. The zero-order valence-electron chi connectivity index (χ0n) is 54.7. The van der Waals surface area contributed by atoms with Gasteiger partial charge in [0.05, 0.1) is 12.7 Å². The molecular weight excluding hydrogens is 1180 g/mol. The Morgan fingerprint density at radius 1 is 0.433 bits per heavy atom. The van der Waals surface area contributed by atoms with E-state index >= 15 is 0 Å². The second-order valence-electron chi connectivity index (χ2n) is 23.4. The molecule has 0 saturated heterocycles. The molecule has 2 rings (SSSR count). The Balaban J connectivity index is 1.70. The monoisotopic (exact) mass is 1300 g/mol. The minimum Gasteiger partial charge on any atom is -0.354 e. The van der Waals surface area contributed by atoms with Gasteiger partial charge in [0.1, 0.15) is 24.2 Å². The van der Waals surface area contributed by atoms with E-state index in [1.807, 2.05) is 4.90 Å². The van der Waals surface area contributed by atoms with E-state index in [0.717, 1.165) is 77.0 Å². The second kappa shape index (κ2) is 55.0. The van der Waals surface area contributed by atoms with Crippen molar-refractivity contribution in [3.8, 4) is 0 Å². The molecule has 2 aromatic heterocycles. The number of imidazole rings is 2. The lowest BCUT2D eigenvalue weighted by molar-refractivity contribution is -0.131. The van der Waals surface area contributed by atoms with Crippen LogP contribution in [0.4, 0.5) is 0 Å². The molecule has 12 N–H and O–H groups in total. The van der Waals surface area contributed by atoms with Gasteiger partial charge in [-0.25, -0.2) is 9.97 Å². The van der Waals surface area contributed by atoms with E-state index < -0.39 is 47.8 Å². The van der Waals surface area contributed by atoms with E-state index in [-0.39, 0.29) is 99.8 Å². The zero-order chi connectivity index (χ0) is 65.5. The number of hydrogen-bond donors (Lipinski definition) is 13. The van der Waals surface area contributed by atoms with Gasteiger partial charge in [-0.15, -0.1) is 0 Å². The highest BCUT2D eigenvalue weighted by atomic mass is 32.1. The van der Waals surface area contributed by atoms with Crippen molar-refractivity contribution in [3.05, 3.63) is 60.7 Å². The summed E-state index contributed by atoms with van der Waals surface area (Å²) in [4.78, 5) is 121. The summed E-state index contributed by atoms with van der Waals surface area (Å²) in [7, 11) is 0. The minimum atomic E-state index is -1.01. The normalized spacial score (nSPS) is 12.8. The molecule has 0 spiro atoms. The smallest absolute Gasteiger partial charge is 0.244 e. The van der Waals surface area contributed by atoms with Crippen molar-refractivity contribution in [3.63, 3.8) is 0 Å². The Kier molecular flexibility index (Phi) is 49.1. The molecule has 24 heteroatoms. The first kappa shape index (κ1) is 80.4.